The lowest BCUT2D eigenvalue weighted by Gasteiger charge is -2.22. The molecule has 0 bridgehead atoms. The van der Waals surface area contributed by atoms with Crippen LogP contribution in [-0.2, 0) is 4.79 Å². The van der Waals surface area contributed by atoms with E-state index in [2.05, 4.69) is 5.32 Å². The standard InChI is InChI=1S/C15H18F2N2O2/c1-8(2)18-6-9(3)7-19-13-5-12(17)11(16)4-10(13)14(20)15(19)21/h4-5,8-9,18H,6-7H2,1-3H3. The number of nitrogens with one attached hydrogen (secondary N) is 1. The van der Waals surface area contributed by atoms with E-state index in [4.69, 9.17) is 0 Å². The average molecular weight is 296 g/mol. The van der Waals surface area contributed by atoms with Gasteiger partial charge in [-0.25, -0.2) is 8.78 Å². The number of rotatable bonds is 5. The van der Waals surface area contributed by atoms with E-state index in [-0.39, 0.29) is 23.7 Å². The Morgan fingerprint density at radius 3 is 2.38 bits per heavy atom. The van der Waals surface area contributed by atoms with Gasteiger partial charge < -0.3 is 10.2 Å². The number of halogens is 2. The fourth-order valence-corrected chi connectivity index (χ4v) is 2.28. The number of hydrogen-bond donors (Lipinski definition) is 1. The van der Waals surface area contributed by atoms with E-state index in [0.717, 1.165) is 12.1 Å². The van der Waals surface area contributed by atoms with Gasteiger partial charge in [-0.05, 0) is 18.5 Å². The number of amides is 1. The lowest BCUT2D eigenvalue weighted by Crippen LogP contribution is -2.38. The van der Waals surface area contributed by atoms with E-state index in [9.17, 15) is 18.4 Å². The lowest BCUT2D eigenvalue weighted by molar-refractivity contribution is -0.114. The van der Waals surface area contributed by atoms with E-state index in [1.807, 2.05) is 20.8 Å². The van der Waals surface area contributed by atoms with Crippen molar-refractivity contribution in [2.45, 2.75) is 26.8 Å². The zero-order valence-electron chi connectivity index (χ0n) is 12.2. The van der Waals surface area contributed by atoms with Crippen LogP contribution in [0.25, 0.3) is 0 Å². The van der Waals surface area contributed by atoms with Crippen LogP contribution >= 0.6 is 0 Å². The average Bonchev–Trinajstić information content (AvgIpc) is 2.63. The topological polar surface area (TPSA) is 49.4 Å². The Hall–Kier alpha value is -1.82. The molecule has 1 aliphatic rings. The number of nitrogens with zero attached hydrogens (tertiary/aromatic N) is 1. The molecule has 0 saturated heterocycles. The van der Waals surface area contributed by atoms with Crippen molar-refractivity contribution < 1.29 is 18.4 Å². The van der Waals surface area contributed by atoms with Crippen LogP contribution in [0, 0.1) is 17.6 Å². The molecule has 114 valence electrons. The summed E-state index contributed by atoms with van der Waals surface area (Å²) in [5, 5.41) is 3.23. The lowest BCUT2D eigenvalue weighted by atomic mass is 10.1. The van der Waals surface area contributed by atoms with Gasteiger partial charge in [0.25, 0.3) is 11.7 Å². The summed E-state index contributed by atoms with van der Waals surface area (Å²) in [6, 6.07) is 2.01. The molecule has 0 radical (unpaired) electrons. The summed E-state index contributed by atoms with van der Waals surface area (Å²) in [5.74, 6) is -3.62. The first-order valence-corrected chi connectivity index (χ1v) is 6.90. The summed E-state index contributed by atoms with van der Waals surface area (Å²) in [4.78, 5) is 25.0. The predicted molar refractivity (Wildman–Crippen MR) is 75.3 cm³/mol. The summed E-state index contributed by atoms with van der Waals surface area (Å²) < 4.78 is 26.6. The monoisotopic (exact) mass is 296 g/mol. The van der Waals surface area contributed by atoms with Crippen LogP contribution in [0.4, 0.5) is 14.5 Å². The minimum Gasteiger partial charge on any atom is -0.314 e. The van der Waals surface area contributed by atoms with Crippen molar-refractivity contribution in [1.82, 2.24) is 5.32 Å². The number of benzene rings is 1. The molecule has 0 aromatic heterocycles. The Morgan fingerprint density at radius 1 is 1.14 bits per heavy atom. The van der Waals surface area contributed by atoms with Gasteiger partial charge in [0.05, 0.1) is 11.3 Å². The van der Waals surface area contributed by atoms with Crippen molar-refractivity contribution >= 4 is 17.4 Å². The van der Waals surface area contributed by atoms with Crippen molar-refractivity contribution in [3.8, 4) is 0 Å². The highest BCUT2D eigenvalue weighted by atomic mass is 19.2. The minimum atomic E-state index is -1.12. The first kappa shape index (κ1) is 15.6. The number of Topliss-reactive ketones (excluding diaryl/α,β-unsaturated/α-hetero) is 1. The Morgan fingerprint density at radius 2 is 1.76 bits per heavy atom. The number of anilines is 1. The molecular weight excluding hydrogens is 278 g/mol. The number of carbonyl (C=O) groups excluding carboxylic acids is 2. The number of ketones is 1. The molecule has 1 N–H and O–H groups in total. The molecule has 0 spiro atoms. The molecule has 0 aliphatic carbocycles. The molecule has 0 fully saturated rings. The number of carbonyl (C=O) groups is 2. The smallest absolute Gasteiger partial charge is 0.299 e. The molecule has 1 unspecified atom stereocenters. The van der Waals surface area contributed by atoms with Crippen LogP contribution in [0.5, 0.6) is 0 Å². The molecule has 0 saturated carbocycles. The maximum atomic E-state index is 13.4. The summed E-state index contributed by atoms with van der Waals surface area (Å²) in [5.41, 5.74) is 0.0863. The Kier molecular flexibility index (Phi) is 4.37. The summed E-state index contributed by atoms with van der Waals surface area (Å²) in [6.07, 6.45) is 0. The highest BCUT2D eigenvalue weighted by molar-refractivity contribution is 6.52. The van der Waals surface area contributed by atoms with Gasteiger partial charge in [-0.1, -0.05) is 20.8 Å². The summed E-state index contributed by atoms with van der Waals surface area (Å²) >= 11 is 0. The van der Waals surface area contributed by atoms with Crippen LogP contribution in [0.2, 0.25) is 0 Å². The van der Waals surface area contributed by atoms with Crippen molar-refractivity contribution in [3.05, 3.63) is 29.3 Å². The van der Waals surface area contributed by atoms with Gasteiger partial charge in [-0.3, -0.25) is 9.59 Å². The normalized spacial score (nSPS) is 15.8. The molecule has 4 nitrogen and oxygen atoms in total. The molecule has 1 amide bonds. The van der Waals surface area contributed by atoms with E-state index >= 15 is 0 Å². The fraction of sp³-hybridized carbons (Fsp3) is 0.467. The fourth-order valence-electron chi connectivity index (χ4n) is 2.28. The van der Waals surface area contributed by atoms with E-state index in [1.165, 1.54) is 4.90 Å². The Bertz CT molecular complexity index is 587. The van der Waals surface area contributed by atoms with Crippen molar-refractivity contribution in [3.63, 3.8) is 0 Å². The van der Waals surface area contributed by atoms with Gasteiger partial charge in [-0.15, -0.1) is 0 Å². The molecule has 2 rings (SSSR count). The third-order valence-electron chi connectivity index (χ3n) is 3.38. The van der Waals surface area contributed by atoms with Gasteiger partial charge in [0.1, 0.15) is 0 Å². The summed E-state index contributed by atoms with van der Waals surface area (Å²) in [7, 11) is 0. The Balaban J connectivity index is 2.21. The molecule has 6 heteroatoms. The molecule has 21 heavy (non-hydrogen) atoms. The molecular formula is C15H18F2N2O2. The minimum absolute atomic E-state index is 0.0667. The Labute approximate surface area is 122 Å². The quantitative estimate of drug-likeness (QED) is 0.847. The second-order valence-electron chi connectivity index (χ2n) is 5.70. The van der Waals surface area contributed by atoms with Crippen LogP contribution in [0.1, 0.15) is 31.1 Å². The molecule has 1 aromatic rings. The van der Waals surface area contributed by atoms with Gasteiger partial charge in [0.2, 0.25) is 0 Å². The second-order valence-corrected chi connectivity index (χ2v) is 5.70. The van der Waals surface area contributed by atoms with Crippen LogP contribution in [0.3, 0.4) is 0 Å². The maximum absolute atomic E-state index is 13.4. The summed E-state index contributed by atoms with van der Waals surface area (Å²) in [6.45, 7) is 6.87. The zero-order chi connectivity index (χ0) is 15.7. The molecule has 1 atom stereocenters. The van der Waals surface area contributed by atoms with Crippen LogP contribution in [-0.4, -0.2) is 30.8 Å². The van der Waals surface area contributed by atoms with E-state index < -0.39 is 23.3 Å². The number of hydrogen-bond acceptors (Lipinski definition) is 3. The largest absolute Gasteiger partial charge is 0.314 e. The first-order valence-electron chi connectivity index (χ1n) is 6.90. The highest BCUT2D eigenvalue weighted by Crippen LogP contribution is 2.31. The second kappa shape index (κ2) is 5.89. The van der Waals surface area contributed by atoms with E-state index in [0.29, 0.717) is 12.6 Å². The zero-order valence-corrected chi connectivity index (χ0v) is 12.2. The number of fused-ring (bicyclic) bond motifs is 1. The third kappa shape index (κ3) is 3.10. The third-order valence-corrected chi connectivity index (χ3v) is 3.38. The maximum Gasteiger partial charge on any atom is 0.299 e. The van der Waals surface area contributed by atoms with Crippen LogP contribution < -0.4 is 10.2 Å². The first-order chi connectivity index (χ1) is 9.81. The van der Waals surface area contributed by atoms with Gasteiger partial charge >= 0.3 is 0 Å². The van der Waals surface area contributed by atoms with Gasteiger partial charge in [-0.2, -0.15) is 0 Å². The highest BCUT2D eigenvalue weighted by Gasteiger charge is 2.37. The van der Waals surface area contributed by atoms with Crippen molar-refractivity contribution in [2.75, 3.05) is 18.0 Å². The van der Waals surface area contributed by atoms with Gasteiger partial charge in [0.15, 0.2) is 11.6 Å². The SMILES string of the molecule is CC(CNC(C)C)CN1C(=O)C(=O)c2cc(F)c(F)cc21. The van der Waals surface area contributed by atoms with Crippen LogP contribution in [0.15, 0.2) is 12.1 Å². The molecule has 1 aromatic carbocycles. The molecule has 1 aliphatic heterocycles. The molecule has 1 heterocycles. The van der Waals surface area contributed by atoms with E-state index in [1.54, 1.807) is 0 Å². The van der Waals surface area contributed by atoms with Crippen molar-refractivity contribution in [2.24, 2.45) is 5.92 Å². The van der Waals surface area contributed by atoms with Crippen molar-refractivity contribution in [1.29, 1.82) is 0 Å². The predicted octanol–water partition coefficient (Wildman–Crippen LogP) is 2.13. The van der Waals surface area contributed by atoms with Gasteiger partial charge in [0, 0.05) is 18.7 Å².